The molecule has 0 bridgehead atoms. The van der Waals surface area contributed by atoms with Gasteiger partial charge in [0.25, 0.3) is 0 Å². The van der Waals surface area contributed by atoms with E-state index in [4.69, 9.17) is 10.2 Å². The Balaban J connectivity index is 2.20. The van der Waals surface area contributed by atoms with E-state index in [-0.39, 0.29) is 6.04 Å². The van der Waals surface area contributed by atoms with Crippen molar-refractivity contribution in [3.63, 3.8) is 0 Å². The summed E-state index contributed by atoms with van der Waals surface area (Å²) in [5.74, 6) is 3.44. The van der Waals surface area contributed by atoms with Crippen LogP contribution >= 0.6 is 0 Å². The van der Waals surface area contributed by atoms with Crippen molar-refractivity contribution in [1.82, 2.24) is 4.90 Å². The zero-order valence-electron chi connectivity index (χ0n) is 12.0. The Kier molecular flexibility index (Phi) is 4.13. The molecule has 2 heterocycles. The van der Waals surface area contributed by atoms with E-state index in [1.165, 1.54) is 6.42 Å². The fourth-order valence-electron chi connectivity index (χ4n) is 3.22. The summed E-state index contributed by atoms with van der Waals surface area (Å²) in [5, 5.41) is 0. The molecule has 1 aliphatic rings. The van der Waals surface area contributed by atoms with Crippen molar-refractivity contribution >= 4 is 0 Å². The van der Waals surface area contributed by atoms with Crippen molar-refractivity contribution in [2.75, 3.05) is 13.1 Å². The van der Waals surface area contributed by atoms with Gasteiger partial charge in [0, 0.05) is 19.1 Å². The highest BCUT2D eigenvalue weighted by Crippen LogP contribution is 2.33. The third kappa shape index (κ3) is 2.62. The summed E-state index contributed by atoms with van der Waals surface area (Å²) in [5.41, 5.74) is 6.00. The molecule has 1 aromatic heterocycles. The van der Waals surface area contributed by atoms with Crippen molar-refractivity contribution in [2.45, 2.75) is 46.2 Å². The summed E-state index contributed by atoms with van der Waals surface area (Å²) in [6.45, 7) is 10.7. The summed E-state index contributed by atoms with van der Waals surface area (Å²) < 4.78 is 5.79. The maximum atomic E-state index is 6.00. The zero-order valence-corrected chi connectivity index (χ0v) is 12.0. The van der Waals surface area contributed by atoms with Crippen molar-refractivity contribution in [3.05, 3.63) is 23.7 Å². The molecule has 0 aromatic carbocycles. The minimum Gasteiger partial charge on any atom is -0.465 e. The Hall–Kier alpha value is -0.800. The van der Waals surface area contributed by atoms with E-state index >= 15 is 0 Å². The molecule has 18 heavy (non-hydrogen) atoms. The van der Waals surface area contributed by atoms with Crippen LogP contribution in [0.25, 0.3) is 0 Å². The van der Waals surface area contributed by atoms with Crippen LogP contribution in [0, 0.1) is 18.8 Å². The molecule has 1 aliphatic heterocycles. The molecule has 0 spiro atoms. The van der Waals surface area contributed by atoms with Crippen LogP contribution in [0.1, 0.15) is 44.8 Å². The van der Waals surface area contributed by atoms with Gasteiger partial charge in [0.2, 0.25) is 0 Å². The lowest BCUT2D eigenvalue weighted by atomic mass is 9.84. The zero-order chi connectivity index (χ0) is 13.3. The first-order valence-electron chi connectivity index (χ1n) is 7.05. The van der Waals surface area contributed by atoms with Gasteiger partial charge in [-0.3, -0.25) is 4.90 Å². The Labute approximate surface area is 110 Å². The Morgan fingerprint density at radius 1 is 1.39 bits per heavy atom. The Morgan fingerprint density at radius 2 is 2.11 bits per heavy atom. The van der Waals surface area contributed by atoms with Crippen molar-refractivity contribution < 1.29 is 4.42 Å². The number of aryl methyl sites for hydroxylation is 1. The summed E-state index contributed by atoms with van der Waals surface area (Å²) in [6, 6.07) is 4.89. The highest BCUT2D eigenvalue weighted by atomic mass is 16.3. The van der Waals surface area contributed by atoms with Crippen LogP contribution in [0.3, 0.4) is 0 Å². The molecular weight excluding hydrogens is 224 g/mol. The molecular formula is C15H26N2O. The second-order valence-corrected chi connectivity index (χ2v) is 5.96. The van der Waals surface area contributed by atoms with E-state index in [1.54, 1.807) is 0 Å². The highest BCUT2D eigenvalue weighted by Gasteiger charge is 2.34. The topological polar surface area (TPSA) is 42.4 Å². The molecule has 0 amide bonds. The quantitative estimate of drug-likeness (QED) is 0.897. The lowest BCUT2D eigenvalue weighted by Crippen LogP contribution is -2.49. The van der Waals surface area contributed by atoms with Crippen molar-refractivity contribution in [1.29, 1.82) is 0 Å². The second-order valence-electron chi connectivity index (χ2n) is 5.96. The van der Waals surface area contributed by atoms with E-state index in [1.807, 2.05) is 13.0 Å². The van der Waals surface area contributed by atoms with Crippen LogP contribution in [-0.2, 0) is 0 Å². The molecule has 4 atom stereocenters. The standard InChI is InChI=1S/C15H26N2O/c1-10-7-11(2)13(4)17(9-10)14(8-16)15-6-5-12(3)18-15/h5-6,10-11,13-14H,7-9,16H2,1-4H3. The fraction of sp³-hybridized carbons (Fsp3) is 0.733. The predicted octanol–water partition coefficient (Wildman–Crippen LogP) is 2.95. The van der Waals surface area contributed by atoms with Gasteiger partial charge in [0.15, 0.2) is 0 Å². The maximum Gasteiger partial charge on any atom is 0.122 e. The number of nitrogens with zero attached hydrogens (tertiary/aromatic N) is 1. The largest absolute Gasteiger partial charge is 0.465 e. The molecule has 102 valence electrons. The minimum absolute atomic E-state index is 0.221. The summed E-state index contributed by atoms with van der Waals surface area (Å²) in [7, 11) is 0. The second kappa shape index (κ2) is 5.45. The van der Waals surface area contributed by atoms with Gasteiger partial charge in [-0.05, 0) is 44.2 Å². The summed E-state index contributed by atoms with van der Waals surface area (Å²) >= 11 is 0. The Bertz CT molecular complexity index is 388. The maximum absolute atomic E-state index is 6.00. The van der Waals surface area contributed by atoms with E-state index in [0.29, 0.717) is 12.6 Å². The number of hydrogen-bond acceptors (Lipinski definition) is 3. The highest BCUT2D eigenvalue weighted by molar-refractivity contribution is 5.11. The average molecular weight is 250 g/mol. The molecule has 4 unspecified atom stereocenters. The van der Waals surface area contributed by atoms with Gasteiger partial charge in [-0.2, -0.15) is 0 Å². The number of nitrogens with two attached hydrogens (primary N) is 1. The molecule has 1 saturated heterocycles. The van der Waals surface area contributed by atoms with E-state index in [0.717, 1.165) is 29.9 Å². The lowest BCUT2D eigenvalue weighted by molar-refractivity contribution is 0.0343. The summed E-state index contributed by atoms with van der Waals surface area (Å²) in [4.78, 5) is 2.52. The number of hydrogen-bond donors (Lipinski definition) is 1. The van der Waals surface area contributed by atoms with Gasteiger partial charge in [-0.15, -0.1) is 0 Å². The monoisotopic (exact) mass is 250 g/mol. The molecule has 0 radical (unpaired) electrons. The Morgan fingerprint density at radius 3 is 2.67 bits per heavy atom. The average Bonchev–Trinajstić information content (AvgIpc) is 2.73. The van der Waals surface area contributed by atoms with Crippen LogP contribution in [-0.4, -0.2) is 24.0 Å². The fourth-order valence-corrected chi connectivity index (χ4v) is 3.22. The SMILES string of the molecule is Cc1ccc(C(CN)N2CC(C)CC(C)C2C)o1. The van der Waals surface area contributed by atoms with Gasteiger partial charge in [-0.1, -0.05) is 13.8 Å². The first-order chi connectivity index (χ1) is 8.52. The number of piperidine rings is 1. The van der Waals surface area contributed by atoms with Crippen molar-refractivity contribution in [3.8, 4) is 0 Å². The molecule has 0 aliphatic carbocycles. The molecule has 2 N–H and O–H groups in total. The first-order valence-corrected chi connectivity index (χ1v) is 7.05. The van der Waals surface area contributed by atoms with Gasteiger partial charge in [0.1, 0.15) is 11.5 Å². The normalized spacial score (nSPS) is 31.5. The number of furan rings is 1. The van der Waals surface area contributed by atoms with Gasteiger partial charge < -0.3 is 10.2 Å². The van der Waals surface area contributed by atoms with Crippen LogP contribution in [0.4, 0.5) is 0 Å². The van der Waals surface area contributed by atoms with Crippen LogP contribution < -0.4 is 5.73 Å². The molecule has 1 aromatic rings. The molecule has 2 rings (SSSR count). The molecule has 3 heteroatoms. The molecule has 3 nitrogen and oxygen atoms in total. The lowest BCUT2D eigenvalue weighted by Gasteiger charge is -2.44. The first kappa shape index (κ1) is 13.6. The van der Waals surface area contributed by atoms with E-state index in [9.17, 15) is 0 Å². The predicted molar refractivity (Wildman–Crippen MR) is 74.4 cm³/mol. The molecule has 0 saturated carbocycles. The van der Waals surface area contributed by atoms with Gasteiger partial charge in [0.05, 0.1) is 6.04 Å². The van der Waals surface area contributed by atoms with Gasteiger partial charge >= 0.3 is 0 Å². The third-order valence-electron chi connectivity index (χ3n) is 4.36. The van der Waals surface area contributed by atoms with E-state index < -0.39 is 0 Å². The molecule has 1 fully saturated rings. The minimum atomic E-state index is 0.221. The van der Waals surface area contributed by atoms with Gasteiger partial charge in [-0.25, -0.2) is 0 Å². The van der Waals surface area contributed by atoms with Crippen LogP contribution in [0.15, 0.2) is 16.5 Å². The van der Waals surface area contributed by atoms with Crippen molar-refractivity contribution in [2.24, 2.45) is 17.6 Å². The van der Waals surface area contributed by atoms with Crippen LogP contribution in [0.5, 0.6) is 0 Å². The third-order valence-corrected chi connectivity index (χ3v) is 4.36. The number of rotatable bonds is 3. The summed E-state index contributed by atoms with van der Waals surface area (Å²) in [6.07, 6.45) is 1.31. The smallest absolute Gasteiger partial charge is 0.122 e. The number of likely N-dealkylation sites (tertiary alicyclic amines) is 1. The van der Waals surface area contributed by atoms with Crippen LogP contribution in [0.2, 0.25) is 0 Å². The van der Waals surface area contributed by atoms with E-state index in [2.05, 4.69) is 31.7 Å².